The highest BCUT2D eigenvalue weighted by molar-refractivity contribution is 5.93. The van der Waals surface area contributed by atoms with Crippen molar-refractivity contribution >= 4 is 5.91 Å². The molecule has 1 aromatic heterocycles. The van der Waals surface area contributed by atoms with Gasteiger partial charge in [-0.05, 0) is 49.8 Å². The number of carbonyl (C=O) groups is 1. The minimum absolute atomic E-state index is 0.0902. The van der Waals surface area contributed by atoms with E-state index in [0.29, 0.717) is 12.1 Å². The van der Waals surface area contributed by atoms with Gasteiger partial charge in [-0.2, -0.15) is 0 Å². The largest absolute Gasteiger partial charge is 0.497 e. The predicted molar refractivity (Wildman–Crippen MR) is 100.0 cm³/mol. The van der Waals surface area contributed by atoms with E-state index in [-0.39, 0.29) is 11.9 Å². The maximum atomic E-state index is 12.4. The summed E-state index contributed by atoms with van der Waals surface area (Å²) in [6.45, 7) is 8.49. The summed E-state index contributed by atoms with van der Waals surface area (Å²) in [6.07, 6.45) is 1.61. The topological polar surface area (TPSA) is 54.5 Å². The highest BCUT2D eigenvalue weighted by atomic mass is 16.5. The Morgan fingerprint density at radius 1 is 1.24 bits per heavy atom. The molecule has 25 heavy (non-hydrogen) atoms. The molecule has 0 fully saturated rings. The van der Waals surface area contributed by atoms with Gasteiger partial charge in [0.25, 0.3) is 5.91 Å². The van der Waals surface area contributed by atoms with Gasteiger partial charge in [-0.1, -0.05) is 26.0 Å². The molecule has 0 saturated carbocycles. The van der Waals surface area contributed by atoms with Gasteiger partial charge >= 0.3 is 0 Å². The van der Waals surface area contributed by atoms with Crippen molar-refractivity contribution in [2.45, 2.75) is 26.8 Å². The molecule has 1 atom stereocenters. The Bertz CT molecular complexity index is 682. The molecule has 1 amide bonds. The fourth-order valence-corrected chi connectivity index (χ4v) is 2.86. The lowest BCUT2D eigenvalue weighted by Crippen LogP contribution is -2.38. The van der Waals surface area contributed by atoms with Crippen LogP contribution in [0.3, 0.4) is 0 Å². The SMILES string of the molecule is CCN(CC)C(CNC(=O)c1ccc(C)nc1)c1cccc(OC)c1. The molecule has 0 radical (unpaired) electrons. The average molecular weight is 341 g/mol. The van der Waals surface area contributed by atoms with E-state index < -0.39 is 0 Å². The van der Waals surface area contributed by atoms with Crippen LogP contribution in [-0.4, -0.2) is 42.5 Å². The van der Waals surface area contributed by atoms with Crippen LogP contribution in [0.1, 0.15) is 41.5 Å². The van der Waals surface area contributed by atoms with Crippen molar-refractivity contribution in [2.75, 3.05) is 26.7 Å². The molecule has 5 heteroatoms. The smallest absolute Gasteiger partial charge is 0.252 e. The van der Waals surface area contributed by atoms with Crippen molar-refractivity contribution in [2.24, 2.45) is 0 Å². The summed E-state index contributed by atoms with van der Waals surface area (Å²) in [6, 6.07) is 11.8. The number of hydrogen-bond donors (Lipinski definition) is 1. The number of ether oxygens (including phenoxy) is 1. The highest BCUT2D eigenvalue weighted by Crippen LogP contribution is 2.23. The zero-order valence-corrected chi connectivity index (χ0v) is 15.5. The van der Waals surface area contributed by atoms with Crippen LogP contribution in [0.2, 0.25) is 0 Å². The van der Waals surface area contributed by atoms with Crippen LogP contribution in [0.15, 0.2) is 42.6 Å². The average Bonchev–Trinajstić information content (AvgIpc) is 2.65. The van der Waals surface area contributed by atoms with E-state index in [0.717, 1.165) is 30.1 Å². The number of aromatic nitrogens is 1. The van der Waals surface area contributed by atoms with E-state index in [1.165, 1.54) is 0 Å². The van der Waals surface area contributed by atoms with Crippen LogP contribution in [0.4, 0.5) is 0 Å². The molecule has 5 nitrogen and oxygen atoms in total. The lowest BCUT2D eigenvalue weighted by molar-refractivity contribution is 0.0934. The maximum Gasteiger partial charge on any atom is 0.252 e. The Morgan fingerprint density at radius 3 is 2.60 bits per heavy atom. The quantitative estimate of drug-likeness (QED) is 0.801. The summed E-state index contributed by atoms with van der Waals surface area (Å²) in [5, 5.41) is 3.04. The molecule has 1 N–H and O–H groups in total. The number of benzene rings is 1. The molecule has 0 aliphatic carbocycles. The molecule has 1 aromatic carbocycles. The normalized spacial score (nSPS) is 12.0. The third-order valence-corrected chi connectivity index (χ3v) is 4.36. The first-order chi connectivity index (χ1) is 12.1. The van der Waals surface area contributed by atoms with Crippen LogP contribution < -0.4 is 10.1 Å². The zero-order valence-electron chi connectivity index (χ0n) is 15.5. The zero-order chi connectivity index (χ0) is 18.2. The second-order valence-electron chi connectivity index (χ2n) is 5.91. The molecular weight excluding hydrogens is 314 g/mol. The summed E-state index contributed by atoms with van der Waals surface area (Å²) < 4.78 is 5.34. The Balaban J connectivity index is 2.15. The van der Waals surface area contributed by atoms with Crippen LogP contribution in [-0.2, 0) is 0 Å². The molecule has 0 aliphatic heterocycles. The van der Waals surface area contributed by atoms with Crippen molar-refractivity contribution in [1.29, 1.82) is 0 Å². The summed E-state index contributed by atoms with van der Waals surface area (Å²) in [7, 11) is 1.66. The van der Waals surface area contributed by atoms with Crippen LogP contribution in [0.5, 0.6) is 5.75 Å². The van der Waals surface area contributed by atoms with E-state index >= 15 is 0 Å². The number of hydrogen-bond acceptors (Lipinski definition) is 4. The third kappa shape index (κ3) is 5.03. The van der Waals surface area contributed by atoms with E-state index in [4.69, 9.17) is 4.74 Å². The van der Waals surface area contributed by atoms with E-state index in [1.54, 1.807) is 19.4 Å². The van der Waals surface area contributed by atoms with Gasteiger partial charge in [0, 0.05) is 18.4 Å². The number of nitrogens with one attached hydrogen (secondary N) is 1. The number of amides is 1. The Hall–Kier alpha value is -2.40. The van der Waals surface area contributed by atoms with Crippen molar-refractivity contribution in [3.63, 3.8) is 0 Å². The Morgan fingerprint density at radius 2 is 2.00 bits per heavy atom. The maximum absolute atomic E-state index is 12.4. The monoisotopic (exact) mass is 341 g/mol. The van der Waals surface area contributed by atoms with Crippen LogP contribution >= 0.6 is 0 Å². The van der Waals surface area contributed by atoms with Crippen molar-refractivity contribution in [1.82, 2.24) is 15.2 Å². The van der Waals surface area contributed by atoms with Crippen LogP contribution in [0, 0.1) is 6.92 Å². The van der Waals surface area contributed by atoms with Gasteiger partial charge in [0.05, 0.1) is 18.7 Å². The first kappa shape index (κ1) is 18.9. The molecule has 1 heterocycles. The Kier molecular flexibility index (Phi) is 6.95. The van der Waals surface area contributed by atoms with Crippen molar-refractivity contribution in [3.8, 4) is 5.75 Å². The summed E-state index contributed by atoms with van der Waals surface area (Å²) in [5.74, 6) is 0.719. The second-order valence-corrected chi connectivity index (χ2v) is 5.91. The molecule has 0 saturated heterocycles. The van der Waals surface area contributed by atoms with E-state index in [1.807, 2.05) is 31.2 Å². The fourth-order valence-electron chi connectivity index (χ4n) is 2.86. The molecule has 2 rings (SSSR count). The number of pyridine rings is 1. The molecule has 0 spiro atoms. The highest BCUT2D eigenvalue weighted by Gasteiger charge is 2.19. The first-order valence-corrected chi connectivity index (χ1v) is 8.67. The molecule has 2 aromatic rings. The second kappa shape index (κ2) is 9.18. The van der Waals surface area contributed by atoms with E-state index in [9.17, 15) is 4.79 Å². The van der Waals surface area contributed by atoms with E-state index in [2.05, 4.69) is 35.1 Å². The number of rotatable bonds is 8. The fraction of sp³-hybridized carbons (Fsp3) is 0.400. The van der Waals surface area contributed by atoms with Gasteiger partial charge in [-0.25, -0.2) is 0 Å². The Labute approximate surface area is 150 Å². The minimum Gasteiger partial charge on any atom is -0.497 e. The summed E-state index contributed by atoms with van der Waals surface area (Å²) >= 11 is 0. The number of aryl methyl sites for hydroxylation is 1. The number of methoxy groups -OCH3 is 1. The van der Waals surface area contributed by atoms with Crippen molar-refractivity contribution < 1.29 is 9.53 Å². The van der Waals surface area contributed by atoms with Crippen molar-refractivity contribution in [3.05, 3.63) is 59.4 Å². The molecule has 1 unspecified atom stereocenters. The number of carbonyl (C=O) groups excluding carboxylic acids is 1. The van der Waals surface area contributed by atoms with Crippen LogP contribution in [0.25, 0.3) is 0 Å². The molecule has 134 valence electrons. The lowest BCUT2D eigenvalue weighted by Gasteiger charge is -2.30. The minimum atomic E-state index is -0.104. The molecular formula is C20H27N3O2. The number of likely N-dealkylation sites (N-methyl/N-ethyl adjacent to an activating group) is 1. The van der Waals surface area contributed by atoms with Gasteiger partial charge in [0.2, 0.25) is 0 Å². The van der Waals surface area contributed by atoms with Gasteiger partial charge in [-0.3, -0.25) is 14.7 Å². The lowest BCUT2D eigenvalue weighted by atomic mass is 10.0. The van der Waals surface area contributed by atoms with Gasteiger partial charge in [-0.15, -0.1) is 0 Å². The third-order valence-electron chi connectivity index (χ3n) is 4.36. The number of nitrogens with zero attached hydrogens (tertiary/aromatic N) is 2. The van der Waals surface area contributed by atoms with Gasteiger partial charge in [0.15, 0.2) is 0 Å². The predicted octanol–water partition coefficient (Wildman–Crippen LogP) is 3.21. The van der Waals surface area contributed by atoms with Gasteiger partial charge in [0.1, 0.15) is 5.75 Å². The summed E-state index contributed by atoms with van der Waals surface area (Å²) in [4.78, 5) is 18.9. The first-order valence-electron chi connectivity index (χ1n) is 8.67. The summed E-state index contributed by atoms with van der Waals surface area (Å²) in [5.41, 5.74) is 2.61. The standard InChI is InChI=1S/C20H27N3O2/c1-5-23(6-2)19(16-8-7-9-18(12-16)25-4)14-22-20(24)17-11-10-15(3)21-13-17/h7-13,19H,5-6,14H2,1-4H3,(H,22,24). The molecule has 0 aliphatic rings. The molecule has 0 bridgehead atoms. The van der Waals surface area contributed by atoms with Gasteiger partial charge < -0.3 is 10.1 Å².